The van der Waals surface area contributed by atoms with Gasteiger partial charge in [-0.1, -0.05) is 42.0 Å². The first kappa shape index (κ1) is 14.0. The Morgan fingerprint density at radius 3 is 2.35 bits per heavy atom. The molecule has 23 heavy (non-hydrogen) atoms. The molecule has 0 spiro atoms. The van der Waals surface area contributed by atoms with Gasteiger partial charge in [-0.15, -0.1) is 0 Å². The predicted molar refractivity (Wildman–Crippen MR) is 93.6 cm³/mol. The molecular weight excluding hydrogens is 284 g/mol. The molecule has 4 nitrogen and oxygen atoms in total. The van der Waals surface area contributed by atoms with Crippen LogP contribution in [0, 0.1) is 6.92 Å². The maximum absolute atomic E-state index is 4.71. The zero-order chi connectivity index (χ0) is 16.0. The highest BCUT2D eigenvalue weighted by Crippen LogP contribution is 2.36. The Labute approximate surface area is 136 Å². The van der Waals surface area contributed by atoms with Gasteiger partial charge in [0.05, 0.1) is 29.3 Å². The Hall–Kier alpha value is -2.59. The fraction of sp³-hybridized carbons (Fsp3) is 0.211. The summed E-state index contributed by atoms with van der Waals surface area (Å²) in [6.07, 6.45) is 1.94. The average molecular weight is 304 g/mol. The van der Waals surface area contributed by atoms with E-state index in [2.05, 4.69) is 84.1 Å². The molecule has 1 aliphatic heterocycles. The third-order valence-corrected chi connectivity index (χ3v) is 4.39. The van der Waals surface area contributed by atoms with Gasteiger partial charge in [0, 0.05) is 19.7 Å². The SMILES string of the molecule is Cc1ccc(-c2ncn3c2CN(N(C)C)c2ccccc2-3)cc1. The van der Waals surface area contributed by atoms with Crippen LogP contribution in [0.15, 0.2) is 54.9 Å². The van der Waals surface area contributed by atoms with Crippen molar-refractivity contribution in [3.8, 4) is 16.9 Å². The van der Waals surface area contributed by atoms with Gasteiger partial charge in [-0.2, -0.15) is 0 Å². The van der Waals surface area contributed by atoms with E-state index in [1.807, 2.05) is 6.33 Å². The quantitative estimate of drug-likeness (QED) is 0.722. The second-order valence-corrected chi connectivity index (χ2v) is 6.17. The van der Waals surface area contributed by atoms with Gasteiger partial charge in [-0.05, 0) is 19.1 Å². The second-order valence-electron chi connectivity index (χ2n) is 6.17. The van der Waals surface area contributed by atoms with Crippen molar-refractivity contribution in [2.24, 2.45) is 0 Å². The number of nitrogens with zero attached hydrogens (tertiary/aromatic N) is 4. The molecule has 0 bridgehead atoms. The van der Waals surface area contributed by atoms with Gasteiger partial charge in [0.15, 0.2) is 0 Å². The minimum absolute atomic E-state index is 0.813. The lowest BCUT2D eigenvalue weighted by molar-refractivity contribution is 0.358. The van der Waals surface area contributed by atoms with E-state index in [1.54, 1.807) is 0 Å². The fourth-order valence-electron chi connectivity index (χ4n) is 3.16. The van der Waals surface area contributed by atoms with Crippen molar-refractivity contribution in [3.63, 3.8) is 0 Å². The standard InChI is InChI=1S/C19H20N4/c1-14-8-10-15(11-9-14)19-18-12-23(21(2)3)17-7-5-4-6-16(17)22(18)13-20-19/h4-11,13H,12H2,1-3H3. The van der Waals surface area contributed by atoms with E-state index in [-0.39, 0.29) is 0 Å². The molecule has 0 saturated carbocycles. The van der Waals surface area contributed by atoms with E-state index in [0.717, 1.165) is 12.2 Å². The summed E-state index contributed by atoms with van der Waals surface area (Å²) in [5.41, 5.74) is 7.10. The van der Waals surface area contributed by atoms with Crippen molar-refractivity contribution in [1.82, 2.24) is 14.6 Å². The summed E-state index contributed by atoms with van der Waals surface area (Å²) in [7, 11) is 4.16. The first-order valence-electron chi connectivity index (χ1n) is 7.82. The number of fused-ring (bicyclic) bond motifs is 3. The van der Waals surface area contributed by atoms with Crippen LogP contribution in [0.3, 0.4) is 0 Å². The molecule has 116 valence electrons. The number of hydrazine groups is 1. The number of aryl methyl sites for hydroxylation is 1. The van der Waals surface area contributed by atoms with Crippen LogP contribution < -0.4 is 5.01 Å². The molecule has 4 heteroatoms. The number of anilines is 1. The molecule has 0 unspecified atom stereocenters. The van der Waals surface area contributed by atoms with Gasteiger partial charge < -0.3 is 0 Å². The predicted octanol–water partition coefficient (Wildman–Crippen LogP) is 3.64. The maximum Gasteiger partial charge on any atom is 0.100 e. The summed E-state index contributed by atoms with van der Waals surface area (Å²) in [6.45, 7) is 2.92. The monoisotopic (exact) mass is 304 g/mol. The van der Waals surface area contributed by atoms with Crippen molar-refractivity contribution < 1.29 is 0 Å². The number of aromatic nitrogens is 2. The lowest BCUT2D eigenvalue weighted by atomic mass is 10.1. The third kappa shape index (κ3) is 2.23. The van der Waals surface area contributed by atoms with Crippen LogP contribution in [0.25, 0.3) is 16.9 Å². The zero-order valence-electron chi connectivity index (χ0n) is 13.7. The van der Waals surface area contributed by atoms with Crippen LogP contribution >= 0.6 is 0 Å². The molecule has 0 fully saturated rings. The van der Waals surface area contributed by atoms with Crippen molar-refractivity contribution >= 4 is 5.69 Å². The highest BCUT2D eigenvalue weighted by Gasteiger charge is 2.26. The summed E-state index contributed by atoms with van der Waals surface area (Å²) >= 11 is 0. The molecule has 0 amide bonds. The third-order valence-electron chi connectivity index (χ3n) is 4.39. The van der Waals surface area contributed by atoms with Crippen LogP contribution in [-0.4, -0.2) is 28.7 Å². The Morgan fingerprint density at radius 2 is 1.65 bits per heavy atom. The Kier molecular flexibility index (Phi) is 3.20. The van der Waals surface area contributed by atoms with Crippen LogP contribution in [0.5, 0.6) is 0 Å². The van der Waals surface area contributed by atoms with E-state index in [4.69, 9.17) is 4.98 Å². The first-order valence-corrected chi connectivity index (χ1v) is 7.82. The van der Waals surface area contributed by atoms with E-state index in [0.29, 0.717) is 0 Å². The van der Waals surface area contributed by atoms with E-state index in [9.17, 15) is 0 Å². The summed E-state index contributed by atoms with van der Waals surface area (Å²) < 4.78 is 2.21. The molecule has 2 heterocycles. The van der Waals surface area contributed by atoms with Gasteiger partial charge in [0.1, 0.15) is 6.33 Å². The molecule has 2 aromatic carbocycles. The molecule has 4 rings (SSSR count). The molecule has 1 aromatic heterocycles. The minimum atomic E-state index is 0.813. The Balaban J connectivity index is 1.89. The number of rotatable bonds is 2. The number of hydrogen-bond acceptors (Lipinski definition) is 3. The van der Waals surface area contributed by atoms with Crippen LogP contribution in [-0.2, 0) is 6.54 Å². The molecule has 0 atom stereocenters. The summed E-state index contributed by atoms with van der Waals surface area (Å²) in [4.78, 5) is 4.71. The van der Waals surface area contributed by atoms with Gasteiger partial charge in [-0.3, -0.25) is 9.58 Å². The average Bonchev–Trinajstić information content (AvgIpc) is 2.99. The first-order chi connectivity index (χ1) is 11.1. The van der Waals surface area contributed by atoms with Crippen molar-refractivity contribution in [2.45, 2.75) is 13.5 Å². The summed E-state index contributed by atoms with van der Waals surface area (Å²) in [5.74, 6) is 0. The van der Waals surface area contributed by atoms with E-state index in [1.165, 1.54) is 28.2 Å². The van der Waals surface area contributed by atoms with Gasteiger partial charge in [0.25, 0.3) is 0 Å². The number of imidazole rings is 1. The smallest absolute Gasteiger partial charge is 0.100 e. The number of benzene rings is 2. The lowest BCUT2D eigenvalue weighted by Crippen LogP contribution is -2.40. The normalized spacial score (nSPS) is 13.1. The molecule has 0 aliphatic carbocycles. The van der Waals surface area contributed by atoms with E-state index >= 15 is 0 Å². The number of hydrogen-bond donors (Lipinski definition) is 0. The number of para-hydroxylation sites is 2. The minimum Gasteiger partial charge on any atom is -0.299 e. The van der Waals surface area contributed by atoms with E-state index < -0.39 is 0 Å². The zero-order valence-corrected chi connectivity index (χ0v) is 13.7. The molecule has 0 saturated heterocycles. The lowest BCUT2D eigenvalue weighted by Gasteiger charge is -2.36. The summed E-state index contributed by atoms with van der Waals surface area (Å²) in [5, 5.41) is 4.41. The van der Waals surface area contributed by atoms with Crippen LogP contribution in [0.2, 0.25) is 0 Å². The maximum atomic E-state index is 4.71. The van der Waals surface area contributed by atoms with Crippen LogP contribution in [0.1, 0.15) is 11.3 Å². The molecule has 0 radical (unpaired) electrons. The Bertz CT molecular complexity index is 846. The van der Waals surface area contributed by atoms with Crippen molar-refractivity contribution in [1.29, 1.82) is 0 Å². The van der Waals surface area contributed by atoms with Crippen LogP contribution in [0.4, 0.5) is 5.69 Å². The van der Waals surface area contributed by atoms with Gasteiger partial charge in [-0.25, -0.2) is 9.99 Å². The molecule has 0 N–H and O–H groups in total. The van der Waals surface area contributed by atoms with Gasteiger partial charge in [0.2, 0.25) is 0 Å². The van der Waals surface area contributed by atoms with Crippen molar-refractivity contribution in [2.75, 3.05) is 19.1 Å². The van der Waals surface area contributed by atoms with Gasteiger partial charge >= 0.3 is 0 Å². The molecule has 3 aromatic rings. The second kappa shape index (κ2) is 5.25. The molecule has 1 aliphatic rings. The Morgan fingerprint density at radius 1 is 0.957 bits per heavy atom. The molecular formula is C19H20N4. The fourth-order valence-corrected chi connectivity index (χ4v) is 3.16. The topological polar surface area (TPSA) is 24.3 Å². The largest absolute Gasteiger partial charge is 0.299 e. The highest BCUT2D eigenvalue weighted by molar-refractivity contribution is 5.70. The van der Waals surface area contributed by atoms with Crippen molar-refractivity contribution in [3.05, 3.63) is 66.1 Å². The highest BCUT2D eigenvalue weighted by atomic mass is 15.6. The summed E-state index contributed by atoms with van der Waals surface area (Å²) in [6, 6.07) is 17.0.